The van der Waals surface area contributed by atoms with Crippen LogP contribution in [0.15, 0.2) is 18.2 Å². The van der Waals surface area contributed by atoms with Gasteiger partial charge in [0.2, 0.25) is 0 Å². The third kappa shape index (κ3) is 2.62. The van der Waals surface area contributed by atoms with Crippen molar-refractivity contribution in [1.82, 2.24) is 9.97 Å². The van der Waals surface area contributed by atoms with Crippen molar-refractivity contribution in [3.63, 3.8) is 0 Å². The SMILES string of the molecule is Cc1nc(Cl)c2cc(OCC(N)=O)ccc2n1. The van der Waals surface area contributed by atoms with E-state index < -0.39 is 5.91 Å². The fraction of sp³-hybridized carbons (Fsp3) is 0.182. The van der Waals surface area contributed by atoms with Crippen molar-refractivity contribution in [2.45, 2.75) is 6.92 Å². The summed E-state index contributed by atoms with van der Waals surface area (Å²) in [4.78, 5) is 18.9. The van der Waals surface area contributed by atoms with Crippen LogP contribution in [0.3, 0.4) is 0 Å². The Morgan fingerprint density at radius 1 is 1.47 bits per heavy atom. The predicted molar refractivity (Wildman–Crippen MR) is 64.0 cm³/mol. The quantitative estimate of drug-likeness (QED) is 0.838. The number of fused-ring (bicyclic) bond motifs is 1. The molecule has 0 saturated carbocycles. The molecule has 0 fully saturated rings. The average Bonchev–Trinajstić information content (AvgIpc) is 2.26. The number of carbonyl (C=O) groups excluding carboxylic acids is 1. The first-order valence-electron chi connectivity index (χ1n) is 4.91. The molecule has 0 bridgehead atoms. The summed E-state index contributed by atoms with van der Waals surface area (Å²) in [5.41, 5.74) is 5.72. The molecule has 0 aliphatic rings. The fourth-order valence-corrected chi connectivity index (χ4v) is 1.70. The van der Waals surface area contributed by atoms with Crippen molar-refractivity contribution >= 4 is 28.4 Å². The molecule has 0 aliphatic heterocycles. The highest BCUT2D eigenvalue weighted by Gasteiger charge is 2.06. The molecule has 0 spiro atoms. The van der Waals surface area contributed by atoms with Gasteiger partial charge in [0.05, 0.1) is 5.52 Å². The van der Waals surface area contributed by atoms with Gasteiger partial charge in [0.1, 0.15) is 16.7 Å². The highest BCUT2D eigenvalue weighted by Crippen LogP contribution is 2.24. The topological polar surface area (TPSA) is 78.1 Å². The minimum atomic E-state index is -0.531. The van der Waals surface area contributed by atoms with Crippen LogP contribution < -0.4 is 10.5 Å². The summed E-state index contributed by atoms with van der Waals surface area (Å²) in [7, 11) is 0. The van der Waals surface area contributed by atoms with E-state index in [9.17, 15) is 4.79 Å². The number of amides is 1. The molecule has 0 aliphatic carbocycles. The lowest BCUT2D eigenvalue weighted by Crippen LogP contribution is -2.19. The number of rotatable bonds is 3. The van der Waals surface area contributed by atoms with E-state index in [-0.39, 0.29) is 6.61 Å². The maximum absolute atomic E-state index is 10.6. The Bertz CT molecular complexity index is 586. The summed E-state index contributed by atoms with van der Waals surface area (Å²) in [6, 6.07) is 5.14. The van der Waals surface area contributed by atoms with Gasteiger partial charge >= 0.3 is 0 Å². The van der Waals surface area contributed by atoms with Gasteiger partial charge in [-0.15, -0.1) is 0 Å². The molecule has 1 aromatic carbocycles. The monoisotopic (exact) mass is 251 g/mol. The van der Waals surface area contributed by atoms with Gasteiger partial charge in [0, 0.05) is 5.39 Å². The zero-order chi connectivity index (χ0) is 12.4. The molecule has 88 valence electrons. The van der Waals surface area contributed by atoms with E-state index in [2.05, 4.69) is 9.97 Å². The maximum atomic E-state index is 10.6. The first-order chi connectivity index (χ1) is 8.06. The van der Waals surface area contributed by atoms with Gasteiger partial charge in [-0.1, -0.05) is 11.6 Å². The minimum Gasteiger partial charge on any atom is -0.484 e. The number of aromatic nitrogens is 2. The predicted octanol–water partition coefficient (Wildman–Crippen LogP) is 1.46. The van der Waals surface area contributed by atoms with E-state index in [4.69, 9.17) is 22.1 Å². The van der Waals surface area contributed by atoms with Crippen molar-refractivity contribution in [3.8, 4) is 5.75 Å². The highest BCUT2D eigenvalue weighted by atomic mass is 35.5. The van der Waals surface area contributed by atoms with Crippen molar-refractivity contribution in [2.75, 3.05) is 6.61 Å². The summed E-state index contributed by atoms with van der Waals surface area (Å²) in [6.45, 7) is 1.60. The Balaban J connectivity index is 2.40. The molecule has 0 saturated heterocycles. The van der Waals surface area contributed by atoms with Gasteiger partial charge in [-0.2, -0.15) is 0 Å². The maximum Gasteiger partial charge on any atom is 0.255 e. The number of hydrogen-bond donors (Lipinski definition) is 1. The number of primary amides is 1. The number of nitrogens with zero attached hydrogens (tertiary/aromatic N) is 2. The molecule has 1 heterocycles. The number of carbonyl (C=O) groups is 1. The summed E-state index contributed by atoms with van der Waals surface area (Å²) in [5.74, 6) is 0.579. The molecule has 5 nitrogen and oxygen atoms in total. The van der Waals surface area contributed by atoms with Crippen LogP contribution in [0.25, 0.3) is 10.9 Å². The standard InChI is InChI=1S/C11H10ClN3O2/c1-6-14-9-3-2-7(17-5-10(13)16)4-8(9)11(12)15-6/h2-4H,5H2,1H3,(H2,13,16). The number of benzene rings is 1. The van der Waals surface area contributed by atoms with Crippen LogP contribution in [0.1, 0.15) is 5.82 Å². The summed E-state index contributed by atoms with van der Waals surface area (Å²) in [5, 5.41) is 1.04. The molecular formula is C11H10ClN3O2. The second kappa shape index (κ2) is 4.55. The Labute approximate surface area is 103 Å². The number of ether oxygens (including phenoxy) is 1. The number of hydrogen-bond acceptors (Lipinski definition) is 4. The molecule has 0 atom stereocenters. The smallest absolute Gasteiger partial charge is 0.255 e. The molecule has 0 unspecified atom stereocenters. The van der Waals surface area contributed by atoms with E-state index in [1.807, 2.05) is 0 Å². The molecule has 2 aromatic rings. The first kappa shape index (κ1) is 11.6. The molecule has 1 aromatic heterocycles. The number of halogens is 1. The highest BCUT2D eigenvalue weighted by molar-refractivity contribution is 6.34. The van der Waals surface area contributed by atoms with E-state index in [0.717, 1.165) is 5.52 Å². The van der Waals surface area contributed by atoms with E-state index in [1.54, 1.807) is 25.1 Å². The van der Waals surface area contributed by atoms with Crippen LogP contribution in [-0.2, 0) is 4.79 Å². The lowest BCUT2D eigenvalue weighted by atomic mass is 10.2. The summed E-state index contributed by atoms with van der Waals surface area (Å²) >= 11 is 6.00. The Morgan fingerprint density at radius 2 is 2.24 bits per heavy atom. The van der Waals surface area contributed by atoms with Crippen LogP contribution in [-0.4, -0.2) is 22.5 Å². The minimum absolute atomic E-state index is 0.171. The number of aryl methyl sites for hydroxylation is 1. The second-order valence-electron chi connectivity index (χ2n) is 3.50. The molecule has 1 amide bonds. The van der Waals surface area contributed by atoms with E-state index >= 15 is 0 Å². The van der Waals surface area contributed by atoms with Gasteiger partial charge in [-0.05, 0) is 25.1 Å². The van der Waals surface area contributed by atoms with Crippen LogP contribution in [0.4, 0.5) is 0 Å². The van der Waals surface area contributed by atoms with Crippen LogP contribution in [0.2, 0.25) is 5.15 Å². The molecule has 17 heavy (non-hydrogen) atoms. The largest absolute Gasteiger partial charge is 0.484 e. The Morgan fingerprint density at radius 3 is 2.94 bits per heavy atom. The molecule has 0 radical (unpaired) electrons. The first-order valence-corrected chi connectivity index (χ1v) is 5.29. The summed E-state index contributed by atoms with van der Waals surface area (Å²) in [6.07, 6.45) is 0. The van der Waals surface area contributed by atoms with Gasteiger partial charge < -0.3 is 10.5 Å². The zero-order valence-corrected chi connectivity index (χ0v) is 9.86. The number of nitrogens with two attached hydrogens (primary N) is 1. The molecule has 6 heteroatoms. The zero-order valence-electron chi connectivity index (χ0n) is 9.11. The van der Waals surface area contributed by atoms with E-state index in [0.29, 0.717) is 22.1 Å². The van der Waals surface area contributed by atoms with Gasteiger partial charge in [0.25, 0.3) is 5.91 Å². The van der Waals surface area contributed by atoms with Crippen LogP contribution in [0.5, 0.6) is 5.75 Å². The normalized spacial score (nSPS) is 10.5. The van der Waals surface area contributed by atoms with Gasteiger partial charge in [-0.3, -0.25) is 4.79 Å². The molecular weight excluding hydrogens is 242 g/mol. The average molecular weight is 252 g/mol. The molecule has 2 rings (SSSR count). The van der Waals surface area contributed by atoms with E-state index in [1.165, 1.54) is 0 Å². The summed E-state index contributed by atoms with van der Waals surface area (Å²) < 4.78 is 5.17. The lowest BCUT2D eigenvalue weighted by Gasteiger charge is -2.06. The van der Waals surface area contributed by atoms with Gasteiger partial charge in [0.15, 0.2) is 6.61 Å². The van der Waals surface area contributed by atoms with Crippen molar-refractivity contribution in [1.29, 1.82) is 0 Å². The Hall–Kier alpha value is -1.88. The van der Waals surface area contributed by atoms with Crippen LogP contribution in [0, 0.1) is 6.92 Å². The Kier molecular flexibility index (Phi) is 3.10. The molecule has 2 N–H and O–H groups in total. The van der Waals surface area contributed by atoms with Crippen molar-refractivity contribution < 1.29 is 9.53 Å². The van der Waals surface area contributed by atoms with Gasteiger partial charge in [-0.25, -0.2) is 9.97 Å². The van der Waals surface area contributed by atoms with Crippen molar-refractivity contribution in [2.24, 2.45) is 5.73 Å². The second-order valence-corrected chi connectivity index (χ2v) is 3.85. The van der Waals surface area contributed by atoms with Crippen molar-refractivity contribution in [3.05, 3.63) is 29.2 Å². The fourth-order valence-electron chi connectivity index (χ4n) is 1.42. The third-order valence-corrected chi connectivity index (χ3v) is 2.40. The van der Waals surface area contributed by atoms with Crippen LogP contribution >= 0.6 is 11.6 Å². The lowest BCUT2D eigenvalue weighted by molar-refractivity contribution is -0.119. The third-order valence-electron chi connectivity index (χ3n) is 2.11.